The predicted molar refractivity (Wildman–Crippen MR) is 89.9 cm³/mol. The highest BCUT2D eigenvalue weighted by Crippen LogP contribution is 2.18. The van der Waals surface area contributed by atoms with Gasteiger partial charge in [0.25, 0.3) is 5.56 Å². The third-order valence-corrected chi connectivity index (χ3v) is 4.00. The lowest BCUT2D eigenvalue weighted by Crippen LogP contribution is -2.37. The molecule has 6 nitrogen and oxygen atoms in total. The average Bonchev–Trinajstić information content (AvgIpc) is 2.54. The van der Waals surface area contributed by atoms with Crippen LogP contribution in [0.25, 0.3) is 6.08 Å². The zero-order chi connectivity index (χ0) is 17.9. The van der Waals surface area contributed by atoms with Crippen molar-refractivity contribution in [3.05, 3.63) is 72.7 Å². The molecule has 0 aliphatic heterocycles. The molecular formula is C16H14BrFN2O4. The number of aryl methyl sites for hydroxylation is 1. The number of benzene rings is 1. The van der Waals surface area contributed by atoms with Gasteiger partial charge in [-0.05, 0) is 18.2 Å². The first kappa shape index (κ1) is 17.9. The molecule has 2 rings (SSSR count). The molecule has 1 aromatic carbocycles. The zero-order valence-corrected chi connectivity index (χ0v) is 14.5. The molecular weight excluding hydrogens is 383 g/mol. The lowest BCUT2D eigenvalue weighted by Gasteiger charge is -2.05. The van der Waals surface area contributed by atoms with E-state index >= 15 is 0 Å². The molecule has 24 heavy (non-hydrogen) atoms. The maximum absolute atomic E-state index is 13.0. The lowest BCUT2D eigenvalue weighted by molar-refractivity contribution is -0.138. The minimum absolute atomic E-state index is 0.0463. The Bertz CT molecular complexity index is 931. The van der Waals surface area contributed by atoms with Crippen LogP contribution < -0.4 is 11.2 Å². The van der Waals surface area contributed by atoms with Crippen LogP contribution in [0, 0.1) is 5.82 Å². The third kappa shape index (κ3) is 4.08. The van der Waals surface area contributed by atoms with Gasteiger partial charge in [-0.1, -0.05) is 22.0 Å². The Balaban J connectivity index is 2.09. The van der Waals surface area contributed by atoms with E-state index in [0.717, 1.165) is 10.6 Å². The average molecular weight is 397 g/mol. The van der Waals surface area contributed by atoms with Gasteiger partial charge in [-0.2, -0.15) is 0 Å². The van der Waals surface area contributed by atoms with Gasteiger partial charge in [0, 0.05) is 36.4 Å². The summed E-state index contributed by atoms with van der Waals surface area (Å²) in [6, 6.07) is 4.03. The number of aromatic nitrogens is 2. The van der Waals surface area contributed by atoms with Crippen molar-refractivity contribution in [2.24, 2.45) is 14.1 Å². The van der Waals surface area contributed by atoms with E-state index in [0.29, 0.717) is 10.0 Å². The molecule has 1 heterocycles. The predicted octanol–water partition coefficient (Wildman–Crippen LogP) is 1.74. The third-order valence-electron chi connectivity index (χ3n) is 3.26. The number of hydrogen-bond donors (Lipinski definition) is 0. The molecule has 126 valence electrons. The summed E-state index contributed by atoms with van der Waals surface area (Å²) in [4.78, 5) is 35.2. The number of hydrogen-bond acceptors (Lipinski definition) is 4. The number of esters is 1. The van der Waals surface area contributed by atoms with Crippen LogP contribution in [0.2, 0.25) is 0 Å². The molecule has 0 saturated heterocycles. The van der Waals surface area contributed by atoms with Crippen LogP contribution in [0.4, 0.5) is 4.39 Å². The van der Waals surface area contributed by atoms with Gasteiger partial charge in [0.1, 0.15) is 12.4 Å². The fourth-order valence-electron chi connectivity index (χ4n) is 1.94. The molecule has 0 bridgehead atoms. The van der Waals surface area contributed by atoms with E-state index < -0.39 is 23.0 Å². The Hall–Kier alpha value is -2.48. The zero-order valence-electron chi connectivity index (χ0n) is 13.0. The summed E-state index contributed by atoms with van der Waals surface area (Å²) in [5.74, 6) is -1.07. The molecule has 1 aromatic heterocycles. The molecule has 0 N–H and O–H groups in total. The monoisotopic (exact) mass is 396 g/mol. The van der Waals surface area contributed by atoms with Gasteiger partial charge < -0.3 is 9.30 Å². The van der Waals surface area contributed by atoms with Crippen molar-refractivity contribution in [2.75, 3.05) is 0 Å². The van der Waals surface area contributed by atoms with Crippen molar-refractivity contribution in [2.45, 2.75) is 6.61 Å². The standard InChI is InChI=1S/C16H14BrFN2O4/c1-19-8-10(15(22)20(2)16(19)23)4-6-14(21)24-9-11-3-5-12(18)7-13(11)17/h3-8H,9H2,1-2H3/b6-4+. The molecule has 2 aromatic rings. The Kier molecular flexibility index (Phi) is 5.50. The van der Waals surface area contributed by atoms with E-state index in [1.54, 1.807) is 0 Å². The van der Waals surface area contributed by atoms with Crippen molar-refractivity contribution >= 4 is 28.0 Å². The SMILES string of the molecule is Cn1cc(/C=C/C(=O)OCc2ccc(F)cc2Br)c(=O)n(C)c1=O. The molecule has 0 aliphatic rings. The summed E-state index contributed by atoms with van der Waals surface area (Å²) in [6.07, 6.45) is 3.72. The normalized spacial score (nSPS) is 11.0. The maximum atomic E-state index is 13.0. The molecule has 0 atom stereocenters. The molecule has 0 spiro atoms. The Morgan fingerprint density at radius 1 is 1.33 bits per heavy atom. The summed E-state index contributed by atoms with van der Waals surface area (Å²) >= 11 is 3.18. The summed E-state index contributed by atoms with van der Waals surface area (Å²) in [5.41, 5.74) is -0.181. The van der Waals surface area contributed by atoms with Gasteiger partial charge in [0.15, 0.2) is 0 Å². The van der Waals surface area contributed by atoms with E-state index in [9.17, 15) is 18.8 Å². The summed E-state index contributed by atoms with van der Waals surface area (Å²) < 4.78 is 20.7. The van der Waals surface area contributed by atoms with Crippen LogP contribution in [0.5, 0.6) is 0 Å². The fourth-order valence-corrected chi connectivity index (χ4v) is 2.41. The van der Waals surface area contributed by atoms with Crippen LogP contribution in [0.1, 0.15) is 11.1 Å². The van der Waals surface area contributed by atoms with E-state index in [-0.39, 0.29) is 12.2 Å². The van der Waals surface area contributed by atoms with Gasteiger partial charge in [-0.15, -0.1) is 0 Å². The van der Waals surface area contributed by atoms with Gasteiger partial charge in [-0.25, -0.2) is 14.0 Å². The second kappa shape index (κ2) is 7.39. The van der Waals surface area contributed by atoms with Crippen LogP contribution in [0.15, 0.2) is 44.5 Å². The number of halogens is 2. The number of carbonyl (C=O) groups is 1. The van der Waals surface area contributed by atoms with Crippen molar-refractivity contribution in [1.29, 1.82) is 0 Å². The maximum Gasteiger partial charge on any atom is 0.331 e. The molecule has 0 aliphatic carbocycles. The quantitative estimate of drug-likeness (QED) is 0.582. The molecule has 0 fully saturated rings. The lowest BCUT2D eigenvalue weighted by atomic mass is 10.2. The first-order valence-electron chi connectivity index (χ1n) is 6.85. The van der Waals surface area contributed by atoms with E-state index in [1.165, 1.54) is 49.1 Å². The van der Waals surface area contributed by atoms with Crippen molar-refractivity contribution in [1.82, 2.24) is 9.13 Å². The van der Waals surface area contributed by atoms with Gasteiger partial charge >= 0.3 is 11.7 Å². The first-order valence-corrected chi connectivity index (χ1v) is 7.64. The minimum atomic E-state index is -0.665. The van der Waals surface area contributed by atoms with Crippen LogP contribution in [-0.2, 0) is 30.2 Å². The molecule has 0 amide bonds. The van der Waals surface area contributed by atoms with Gasteiger partial charge in [0.2, 0.25) is 0 Å². The highest BCUT2D eigenvalue weighted by atomic mass is 79.9. The van der Waals surface area contributed by atoms with Crippen LogP contribution >= 0.6 is 15.9 Å². The number of rotatable bonds is 4. The molecule has 0 unspecified atom stereocenters. The first-order chi connectivity index (χ1) is 11.3. The second-order valence-corrected chi connectivity index (χ2v) is 5.87. The van der Waals surface area contributed by atoms with E-state index in [1.807, 2.05) is 0 Å². The highest BCUT2D eigenvalue weighted by Gasteiger charge is 2.07. The van der Waals surface area contributed by atoms with Crippen LogP contribution in [0.3, 0.4) is 0 Å². The minimum Gasteiger partial charge on any atom is -0.458 e. The molecule has 8 heteroatoms. The Morgan fingerprint density at radius 3 is 2.71 bits per heavy atom. The van der Waals surface area contributed by atoms with Crippen molar-refractivity contribution in [3.8, 4) is 0 Å². The fraction of sp³-hybridized carbons (Fsp3) is 0.188. The van der Waals surface area contributed by atoms with Gasteiger partial charge in [0.05, 0.1) is 5.56 Å². The summed E-state index contributed by atoms with van der Waals surface area (Å²) in [5, 5.41) is 0. The molecule has 0 saturated carbocycles. The Labute approximate surface area is 144 Å². The topological polar surface area (TPSA) is 70.3 Å². The van der Waals surface area contributed by atoms with E-state index in [4.69, 9.17) is 4.74 Å². The second-order valence-electron chi connectivity index (χ2n) is 5.02. The Morgan fingerprint density at radius 2 is 2.04 bits per heavy atom. The largest absolute Gasteiger partial charge is 0.458 e. The van der Waals surface area contributed by atoms with Crippen LogP contribution in [-0.4, -0.2) is 15.1 Å². The number of carbonyl (C=O) groups excluding carboxylic acids is 1. The smallest absolute Gasteiger partial charge is 0.331 e. The number of ether oxygens (including phenoxy) is 1. The van der Waals surface area contributed by atoms with Crippen molar-refractivity contribution in [3.63, 3.8) is 0 Å². The highest BCUT2D eigenvalue weighted by molar-refractivity contribution is 9.10. The summed E-state index contributed by atoms with van der Waals surface area (Å²) in [7, 11) is 2.86. The number of nitrogens with zero attached hydrogens (tertiary/aromatic N) is 2. The summed E-state index contributed by atoms with van der Waals surface area (Å²) in [6.45, 7) is -0.0463. The molecule has 0 radical (unpaired) electrons. The van der Waals surface area contributed by atoms with E-state index in [2.05, 4.69) is 15.9 Å². The van der Waals surface area contributed by atoms with Crippen molar-refractivity contribution < 1.29 is 13.9 Å². The van der Waals surface area contributed by atoms with Gasteiger partial charge in [-0.3, -0.25) is 9.36 Å².